The van der Waals surface area contributed by atoms with Crippen LogP contribution in [0.3, 0.4) is 0 Å². The van der Waals surface area contributed by atoms with Crippen LogP contribution in [0, 0.1) is 0 Å². The van der Waals surface area contributed by atoms with Crippen molar-refractivity contribution in [1.82, 2.24) is 9.88 Å². The summed E-state index contributed by atoms with van der Waals surface area (Å²) in [5, 5.41) is 3.92. The molecule has 1 saturated heterocycles. The van der Waals surface area contributed by atoms with Gasteiger partial charge in [-0.25, -0.2) is 4.98 Å². The lowest BCUT2D eigenvalue weighted by molar-refractivity contribution is -0.132. The largest absolute Gasteiger partial charge is 0.366 e. The first kappa shape index (κ1) is 11.2. The second kappa shape index (κ2) is 4.70. The molecular formula is C11H14ClN3O. The van der Waals surface area contributed by atoms with Crippen molar-refractivity contribution in [3.8, 4) is 0 Å². The van der Waals surface area contributed by atoms with E-state index in [9.17, 15) is 4.79 Å². The number of aromatic nitrogens is 1. The molecule has 1 atom stereocenters. The predicted octanol–water partition coefficient (Wildman–Crippen LogP) is 1.77. The van der Waals surface area contributed by atoms with E-state index in [2.05, 4.69) is 10.3 Å². The first-order chi connectivity index (χ1) is 7.65. The van der Waals surface area contributed by atoms with Crippen molar-refractivity contribution < 1.29 is 4.79 Å². The third-order valence-electron chi connectivity index (χ3n) is 2.71. The molecule has 5 heteroatoms. The molecule has 1 N–H and O–H groups in total. The summed E-state index contributed by atoms with van der Waals surface area (Å²) in [4.78, 5) is 17.2. The minimum absolute atomic E-state index is 0.210. The van der Waals surface area contributed by atoms with Crippen molar-refractivity contribution in [3.05, 3.63) is 23.4 Å². The highest BCUT2D eigenvalue weighted by Crippen LogP contribution is 2.15. The minimum Gasteiger partial charge on any atom is -0.366 e. The topological polar surface area (TPSA) is 45.2 Å². The molecule has 2 rings (SSSR count). The molecule has 1 amide bonds. The molecule has 1 aliphatic heterocycles. The summed E-state index contributed by atoms with van der Waals surface area (Å²) in [7, 11) is 1.82. The first-order valence-corrected chi connectivity index (χ1v) is 5.65. The third kappa shape index (κ3) is 2.64. The Hall–Kier alpha value is -1.29. The molecule has 0 spiro atoms. The van der Waals surface area contributed by atoms with Gasteiger partial charge in [-0.15, -0.1) is 0 Å². The van der Waals surface area contributed by atoms with Gasteiger partial charge < -0.3 is 10.2 Å². The van der Waals surface area contributed by atoms with Crippen LogP contribution >= 0.6 is 11.6 Å². The fourth-order valence-electron chi connectivity index (χ4n) is 1.80. The number of anilines is 1. The summed E-state index contributed by atoms with van der Waals surface area (Å²) in [6.07, 6.45) is 3.07. The lowest BCUT2D eigenvalue weighted by Gasteiger charge is -2.30. The second-order valence-electron chi connectivity index (χ2n) is 4.02. The number of piperidine rings is 1. The van der Waals surface area contributed by atoms with Crippen LogP contribution in [0.15, 0.2) is 18.3 Å². The van der Waals surface area contributed by atoms with Gasteiger partial charge in [0.2, 0.25) is 5.91 Å². The SMILES string of the molecule is CN1CC(Nc2ccc(Cl)cn2)CCC1=O. The Balaban J connectivity index is 1.95. The van der Waals surface area contributed by atoms with Crippen molar-refractivity contribution in [3.63, 3.8) is 0 Å². The molecule has 4 nitrogen and oxygen atoms in total. The molecule has 86 valence electrons. The van der Waals surface area contributed by atoms with Gasteiger partial charge in [0, 0.05) is 32.3 Å². The lowest BCUT2D eigenvalue weighted by atomic mass is 10.1. The average molecular weight is 240 g/mol. The van der Waals surface area contributed by atoms with Gasteiger partial charge in [-0.2, -0.15) is 0 Å². The van der Waals surface area contributed by atoms with Crippen molar-refractivity contribution in [2.75, 3.05) is 18.9 Å². The van der Waals surface area contributed by atoms with Crippen molar-refractivity contribution in [2.45, 2.75) is 18.9 Å². The molecule has 1 unspecified atom stereocenters. The standard InChI is InChI=1S/C11H14ClN3O/c1-15-7-9(3-5-11(15)16)14-10-4-2-8(12)6-13-10/h2,4,6,9H,3,5,7H2,1H3,(H,13,14). The van der Waals surface area contributed by atoms with Crippen molar-refractivity contribution in [1.29, 1.82) is 0 Å². The number of likely N-dealkylation sites (N-methyl/N-ethyl adjacent to an activating group) is 1. The number of nitrogens with zero attached hydrogens (tertiary/aromatic N) is 2. The number of carbonyl (C=O) groups is 1. The highest BCUT2D eigenvalue weighted by molar-refractivity contribution is 6.30. The normalized spacial score (nSPS) is 21.0. The monoisotopic (exact) mass is 239 g/mol. The maximum atomic E-state index is 11.3. The van der Waals surface area contributed by atoms with E-state index >= 15 is 0 Å². The molecule has 1 aliphatic rings. The van der Waals surface area contributed by atoms with E-state index < -0.39 is 0 Å². The molecule has 0 radical (unpaired) electrons. The molecule has 1 aromatic rings. The van der Waals surface area contributed by atoms with Gasteiger partial charge in [-0.3, -0.25) is 4.79 Å². The summed E-state index contributed by atoms with van der Waals surface area (Å²) < 4.78 is 0. The van der Waals surface area contributed by atoms with Gasteiger partial charge in [-0.1, -0.05) is 11.6 Å². The summed E-state index contributed by atoms with van der Waals surface area (Å²) in [6.45, 7) is 0.725. The predicted molar refractivity (Wildman–Crippen MR) is 63.5 cm³/mol. The van der Waals surface area contributed by atoms with Crippen LogP contribution in [0.25, 0.3) is 0 Å². The zero-order valence-corrected chi connectivity index (χ0v) is 9.87. The number of hydrogen-bond acceptors (Lipinski definition) is 3. The molecule has 0 aliphatic carbocycles. The van der Waals surface area contributed by atoms with E-state index in [4.69, 9.17) is 11.6 Å². The molecule has 2 heterocycles. The van der Waals surface area contributed by atoms with E-state index in [1.165, 1.54) is 0 Å². The summed E-state index contributed by atoms with van der Waals surface area (Å²) >= 11 is 5.75. The van der Waals surface area contributed by atoms with Gasteiger partial charge in [0.25, 0.3) is 0 Å². The average Bonchev–Trinajstić information content (AvgIpc) is 2.27. The van der Waals surface area contributed by atoms with E-state index in [1.807, 2.05) is 13.1 Å². The number of amides is 1. The molecule has 1 aromatic heterocycles. The quantitative estimate of drug-likeness (QED) is 0.856. The Morgan fingerprint density at radius 3 is 3.00 bits per heavy atom. The van der Waals surface area contributed by atoms with Crippen LogP contribution in [0.2, 0.25) is 5.02 Å². The molecule has 0 aromatic carbocycles. The maximum Gasteiger partial charge on any atom is 0.222 e. The van der Waals surface area contributed by atoms with E-state index in [-0.39, 0.29) is 11.9 Å². The third-order valence-corrected chi connectivity index (χ3v) is 2.93. The number of hydrogen-bond donors (Lipinski definition) is 1. The molecule has 0 saturated carbocycles. The van der Waals surface area contributed by atoms with Crippen LogP contribution < -0.4 is 5.32 Å². The smallest absolute Gasteiger partial charge is 0.222 e. The summed E-state index contributed by atoms with van der Waals surface area (Å²) in [5.74, 6) is 1.01. The Bertz CT molecular complexity index is 379. The van der Waals surface area contributed by atoms with Crippen LogP contribution in [0.5, 0.6) is 0 Å². The van der Waals surface area contributed by atoms with Crippen molar-refractivity contribution in [2.24, 2.45) is 0 Å². The van der Waals surface area contributed by atoms with Crippen molar-refractivity contribution >= 4 is 23.3 Å². The fourth-order valence-corrected chi connectivity index (χ4v) is 1.91. The summed E-state index contributed by atoms with van der Waals surface area (Å²) in [5.41, 5.74) is 0. The lowest BCUT2D eigenvalue weighted by Crippen LogP contribution is -2.43. The second-order valence-corrected chi connectivity index (χ2v) is 4.45. The Morgan fingerprint density at radius 2 is 2.38 bits per heavy atom. The minimum atomic E-state index is 0.210. The van der Waals surface area contributed by atoms with Gasteiger partial charge >= 0.3 is 0 Å². The first-order valence-electron chi connectivity index (χ1n) is 5.27. The number of nitrogens with one attached hydrogen (secondary N) is 1. The summed E-state index contributed by atoms with van der Waals surface area (Å²) in [6, 6.07) is 3.92. The molecular weight excluding hydrogens is 226 g/mol. The van der Waals surface area contributed by atoms with E-state index in [1.54, 1.807) is 17.2 Å². The number of rotatable bonds is 2. The van der Waals surface area contributed by atoms with Gasteiger partial charge in [0.15, 0.2) is 0 Å². The van der Waals surface area contributed by atoms with E-state index in [0.717, 1.165) is 18.8 Å². The maximum absolute atomic E-state index is 11.3. The molecule has 1 fully saturated rings. The number of likely N-dealkylation sites (tertiary alicyclic amines) is 1. The number of carbonyl (C=O) groups excluding carboxylic acids is 1. The van der Waals surface area contributed by atoms with Crippen LogP contribution in [0.1, 0.15) is 12.8 Å². The number of halogens is 1. The fraction of sp³-hybridized carbons (Fsp3) is 0.455. The van der Waals surface area contributed by atoms with Crippen LogP contribution in [-0.2, 0) is 4.79 Å². The zero-order valence-electron chi connectivity index (χ0n) is 9.11. The van der Waals surface area contributed by atoms with Crippen LogP contribution in [-0.4, -0.2) is 35.4 Å². The Kier molecular flexibility index (Phi) is 3.29. The number of pyridine rings is 1. The van der Waals surface area contributed by atoms with Gasteiger partial charge in [0.1, 0.15) is 5.82 Å². The molecule has 0 bridgehead atoms. The zero-order chi connectivity index (χ0) is 11.5. The highest BCUT2D eigenvalue weighted by atomic mass is 35.5. The van der Waals surface area contributed by atoms with Crippen LogP contribution in [0.4, 0.5) is 5.82 Å². The molecule has 16 heavy (non-hydrogen) atoms. The Morgan fingerprint density at radius 1 is 1.56 bits per heavy atom. The van der Waals surface area contributed by atoms with Gasteiger partial charge in [0.05, 0.1) is 5.02 Å². The van der Waals surface area contributed by atoms with E-state index in [0.29, 0.717) is 11.4 Å². The Labute approximate surface area is 99.6 Å². The van der Waals surface area contributed by atoms with Gasteiger partial charge in [-0.05, 0) is 18.6 Å². The highest BCUT2D eigenvalue weighted by Gasteiger charge is 2.22.